The number of unbranched alkanes of at least 4 members (excludes halogenated alkanes) is 1. The van der Waals surface area contributed by atoms with E-state index in [4.69, 9.17) is 11.6 Å². The molecule has 0 aliphatic heterocycles. The molecule has 1 rings (SSSR count). The summed E-state index contributed by atoms with van der Waals surface area (Å²) in [5.41, 5.74) is 1.69. The highest BCUT2D eigenvalue weighted by Crippen LogP contribution is 2.21. The Kier molecular flexibility index (Phi) is 6.96. The topological polar surface area (TPSA) is 38.1 Å². The van der Waals surface area contributed by atoms with E-state index in [2.05, 4.69) is 25.9 Å². The lowest BCUT2D eigenvalue weighted by molar-refractivity contribution is -0.125. The fourth-order valence-electron chi connectivity index (χ4n) is 2.13. The summed E-state index contributed by atoms with van der Waals surface area (Å²) in [5.74, 6) is 0.440. The van der Waals surface area contributed by atoms with Crippen molar-refractivity contribution in [2.45, 2.75) is 47.1 Å². The summed E-state index contributed by atoms with van der Waals surface area (Å²) in [7, 11) is 1.81. The van der Waals surface area contributed by atoms with Gasteiger partial charge in [-0.25, -0.2) is 0 Å². The van der Waals surface area contributed by atoms with Crippen molar-refractivity contribution in [3.05, 3.63) is 22.5 Å². The first kappa shape index (κ1) is 17.8. The van der Waals surface area contributed by atoms with Crippen LogP contribution in [0.15, 0.2) is 6.08 Å². The molecule has 0 radical (unpaired) electrons. The molecule has 1 heterocycles. The molecule has 118 valence electrons. The van der Waals surface area contributed by atoms with E-state index < -0.39 is 0 Å². The minimum Gasteiger partial charge on any atom is -0.342 e. The third-order valence-corrected chi connectivity index (χ3v) is 3.64. The smallest absolute Gasteiger partial charge is 0.246 e. The number of hydrogen-bond acceptors (Lipinski definition) is 2. The van der Waals surface area contributed by atoms with Crippen molar-refractivity contribution in [2.75, 3.05) is 13.6 Å². The summed E-state index contributed by atoms with van der Waals surface area (Å²) in [6, 6.07) is 0. The zero-order valence-electron chi connectivity index (χ0n) is 13.7. The van der Waals surface area contributed by atoms with Crippen LogP contribution >= 0.6 is 11.6 Å². The van der Waals surface area contributed by atoms with E-state index in [1.807, 2.05) is 18.7 Å². The van der Waals surface area contributed by atoms with E-state index in [-0.39, 0.29) is 5.91 Å². The van der Waals surface area contributed by atoms with Crippen LogP contribution in [0.2, 0.25) is 5.15 Å². The number of likely N-dealkylation sites (N-methyl/N-ethyl adjacent to an activating group) is 1. The van der Waals surface area contributed by atoms with Gasteiger partial charge in [0.05, 0.1) is 5.69 Å². The van der Waals surface area contributed by atoms with Crippen LogP contribution in [-0.2, 0) is 11.3 Å². The average Bonchev–Trinajstić information content (AvgIpc) is 2.67. The van der Waals surface area contributed by atoms with Crippen LogP contribution in [0.4, 0.5) is 0 Å². The van der Waals surface area contributed by atoms with E-state index in [1.54, 1.807) is 17.1 Å². The zero-order valence-corrected chi connectivity index (χ0v) is 14.4. The number of carbonyl (C=O) groups is 1. The van der Waals surface area contributed by atoms with Crippen molar-refractivity contribution in [3.63, 3.8) is 0 Å². The first-order valence-electron chi connectivity index (χ1n) is 7.52. The molecule has 4 nitrogen and oxygen atoms in total. The molecular weight excluding hydrogens is 286 g/mol. The fourth-order valence-corrected chi connectivity index (χ4v) is 2.45. The molecule has 1 amide bonds. The predicted molar refractivity (Wildman–Crippen MR) is 88.4 cm³/mol. The van der Waals surface area contributed by atoms with Gasteiger partial charge in [-0.2, -0.15) is 5.10 Å². The lowest BCUT2D eigenvalue weighted by Crippen LogP contribution is -2.28. The van der Waals surface area contributed by atoms with E-state index in [1.165, 1.54) is 0 Å². The van der Waals surface area contributed by atoms with Crippen LogP contribution in [-0.4, -0.2) is 34.2 Å². The van der Waals surface area contributed by atoms with Gasteiger partial charge < -0.3 is 4.90 Å². The number of amides is 1. The molecule has 1 aromatic rings. The number of aromatic nitrogens is 2. The maximum Gasteiger partial charge on any atom is 0.246 e. The molecule has 0 atom stereocenters. The monoisotopic (exact) mass is 311 g/mol. The quantitative estimate of drug-likeness (QED) is 0.719. The zero-order chi connectivity index (χ0) is 16.0. The Morgan fingerprint density at radius 1 is 1.48 bits per heavy atom. The summed E-state index contributed by atoms with van der Waals surface area (Å²) in [6.07, 6.45) is 5.48. The van der Waals surface area contributed by atoms with E-state index >= 15 is 0 Å². The minimum absolute atomic E-state index is 0.0134. The number of aryl methyl sites for hydroxylation is 2. The Morgan fingerprint density at radius 3 is 2.71 bits per heavy atom. The summed E-state index contributed by atoms with van der Waals surface area (Å²) in [4.78, 5) is 13.7. The maximum absolute atomic E-state index is 12.0. The van der Waals surface area contributed by atoms with Gasteiger partial charge in [0.25, 0.3) is 0 Å². The molecule has 0 aliphatic rings. The summed E-state index contributed by atoms with van der Waals surface area (Å²) in [6.45, 7) is 9.78. The van der Waals surface area contributed by atoms with Crippen LogP contribution < -0.4 is 0 Å². The highest BCUT2D eigenvalue weighted by atomic mass is 35.5. The number of nitrogens with zero attached hydrogens (tertiary/aromatic N) is 3. The lowest BCUT2D eigenvalue weighted by atomic mass is 10.2. The van der Waals surface area contributed by atoms with Gasteiger partial charge >= 0.3 is 0 Å². The molecule has 0 saturated carbocycles. The van der Waals surface area contributed by atoms with Crippen molar-refractivity contribution < 1.29 is 4.79 Å². The van der Waals surface area contributed by atoms with Gasteiger partial charge in [0.15, 0.2) is 0 Å². The molecule has 1 aromatic heterocycles. The highest BCUT2D eigenvalue weighted by Gasteiger charge is 2.12. The summed E-state index contributed by atoms with van der Waals surface area (Å²) < 4.78 is 1.81. The van der Waals surface area contributed by atoms with Gasteiger partial charge in [-0.3, -0.25) is 9.48 Å². The van der Waals surface area contributed by atoms with Crippen LogP contribution in [0.3, 0.4) is 0 Å². The van der Waals surface area contributed by atoms with E-state index in [0.29, 0.717) is 11.1 Å². The Bertz CT molecular complexity index is 506. The van der Waals surface area contributed by atoms with Crippen LogP contribution in [0.5, 0.6) is 0 Å². The molecule has 0 bridgehead atoms. The van der Waals surface area contributed by atoms with Crippen molar-refractivity contribution >= 4 is 23.6 Å². The van der Waals surface area contributed by atoms with Gasteiger partial charge in [0, 0.05) is 31.8 Å². The Hall–Kier alpha value is -1.29. The molecule has 0 N–H and O–H groups in total. The van der Waals surface area contributed by atoms with Crippen LogP contribution in [0, 0.1) is 12.8 Å². The second-order valence-electron chi connectivity index (χ2n) is 5.81. The third kappa shape index (κ3) is 5.20. The van der Waals surface area contributed by atoms with Crippen LogP contribution in [0.1, 0.15) is 44.9 Å². The van der Waals surface area contributed by atoms with Gasteiger partial charge in [0.1, 0.15) is 5.15 Å². The third-order valence-electron chi connectivity index (χ3n) is 3.24. The van der Waals surface area contributed by atoms with Gasteiger partial charge in [0.2, 0.25) is 5.91 Å². The number of hydrogen-bond donors (Lipinski definition) is 0. The number of halogens is 1. The predicted octanol–water partition coefficient (Wildman–Crippen LogP) is 3.77. The Balaban J connectivity index is 2.80. The lowest BCUT2D eigenvalue weighted by Gasteiger charge is -2.17. The summed E-state index contributed by atoms with van der Waals surface area (Å²) in [5, 5.41) is 5.04. The molecule has 0 aliphatic carbocycles. The number of carbonyl (C=O) groups excluding carboxylic acids is 1. The molecule has 21 heavy (non-hydrogen) atoms. The van der Waals surface area contributed by atoms with Crippen molar-refractivity contribution in [2.24, 2.45) is 5.92 Å². The second-order valence-corrected chi connectivity index (χ2v) is 6.17. The number of rotatable bonds is 7. The average molecular weight is 312 g/mol. The SMILES string of the molecule is CCCCn1nc(C)c(/C=C/C(=O)N(C)CC(C)C)c1Cl. The molecule has 0 unspecified atom stereocenters. The van der Waals surface area contributed by atoms with Crippen molar-refractivity contribution in [1.82, 2.24) is 14.7 Å². The van der Waals surface area contributed by atoms with E-state index in [0.717, 1.165) is 37.2 Å². The largest absolute Gasteiger partial charge is 0.342 e. The van der Waals surface area contributed by atoms with Crippen molar-refractivity contribution in [3.8, 4) is 0 Å². The Morgan fingerprint density at radius 2 is 2.14 bits per heavy atom. The molecular formula is C16H26ClN3O. The molecule has 5 heteroatoms. The Labute approximate surface area is 132 Å². The molecule has 0 aromatic carbocycles. The maximum atomic E-state index is 12.0. The first-order valence-corrected chi connectivity index (χ1v) is 7.90. The standard InChI is InChI=1S/C16H26ClN3O/c1-6-7-10-20-16(17)14(13(4)18-20)8-9-15(21)19(5)11-12(2)3/h8-9,12H,6-7,10-11H2,1-5H3/b9-8+. The molecule has 0 saturated heterocycles. The summed E-state index contributed by atoms with van der Waals surface area (Å²) >= 11 is 6.34. The van der Waals surface area contributed by atoms with E-state index in [9.17, 15) is 4.79 Å². The fraction of sp³-hybridized carbons (Fsp3) is 0.625. The normalized spacial score (nSPS) is 11.6. The van der Waals surface area contributed by atoms with Gasteiger partial charge in [-0.05, 0) is 25.3 Å². The molecule has 0 spiro atoms. The van der Waals surface area contributed by atoms with Crippen LogP contribution in [0.25, 0.3) is 6.08 Å². The van der Waals surface area contributed by atoms with Crippen molar-refractivity contribution in [1.29, 1.82) is 0 Å². The van der Waals surface area contributed by atoms with Gasteiger partial charge in [-0.1, -0.05) is 38.8 Å². The second kappa shape index (κ2) is 8.23. The highest BCUT2D eigenvalue weighted by molar-refractivity contribution is 6.31. The minimum atomic E-state index is -0.0134. The van der Waals surface area contributed by atoms with Gasteiger partial charge in [-0.15, -0.1) is 0 Å². The molecule has 0 fully saturated rings. The first-order chi connectivity index (χ1) is 9.86.